The second-order valence-corrected chi connectivity index (χ2v) is 5.28. The van der Waals surface area contributed by atoms with Gasteiger partial charge in [-0.3, -0.25) is 4.79 Å². The van der Waals surface area contributed by atoms with E-state index in [0.717, 1.165) is 6.20 Å². The van der Waals surface area contributed by atoms with E-state index in [9.17, 15) is 13.2 Å². The van der Waals surface area contributed by atoms with E-state index in [0.29, 0.717) is 0 Å². The summed E-state index contributed by atoms with van der Waals surface area (Å²) in [5.74, 6) is -1.56. The number of carboxylic acids is 1. The van der Waals surface area contributed by atoms with Crippen molar-refractivity contribution in [3.63, 3.8) is 0 Å². The van der Waals surface area contributed by atoms with E-state index in [2.05, 4.69) is 14.7 Å². The Bertz CT molecular complexity index is 452. The summed E-state index contributed by atoms with van der Waals surface area (Å²) >= 11 is 0. The minimum absolute atomic E-state index is 0.153. The molecule has 0 spiro atoms. The third kappa shape index (κ3) is 2.80. The molecule has 0 aromatic carbocycles. The summed E-state index contributed by atoms with van der Waals surface area (Å²) in [7, 11) is -3.86. The van der Waals surface area contributed by atoms with Crippen molar-refractivity contribution < 1.29 is 18.3 Å². The molecule has 1 aromatic rings. The number of aliphatic carboxylic acids is 1. The highest BCUT2D eigenvalue weighted by molar-refractivity contribution is 7.89. The number of H-pyrrole nitrogens is 1. The van der Waals surface area contributed by atoms with Crippen LogP contribution in [-0.4, -0.2) is 35.5 Å². The van der Waals surface area contributed by atoms with Crippen LogP contribution >= 0.6 is 0 Å². The van der Waals surface area contributed by atoms with Crippen molar-refractivity contribution >= 4 is 16.0 Å². The SMILES string of the molecule is CC(C)[C@H](NS(=O)(=O)c1cnc[nH]1)C(=O)O. The zero-order valence-electron chi connectivity index (χ0n) is 8.84. The molecular weight excluding hydrogens is 234 g/mol. The maximum atomic E-state index is 11.7. The molecule has 0 aliphatic heterocycles. The van der Waals surface area contributed by atoms with Crippen molar-refractivity contribution in [3.8, 4) is 0 Å². The minimum atomic E-state index is -3.86. The maximum Gasteiger partial charge on any atom is 0.322 e. The molecule has 0 fully saturated rings. The highest BCUT2D eigenvalue weighted by Gasteiger charge is 2.28. The lowest BCUT2D eigenvalue weighted by molar-refractivity contribution is -0.140. The van der Waals surface area contributed by atoms with E-state index in [1.165, 1.54) is 6.33 Å². The standard InChI is InChI=1S/C8H13N3O4S/c1-5(2)7(8(12)13)11-16(14,15)6-3-9-4-10-6/h3-5,7,11H,1-2H3,(H,9,10)(H,12,13)/t7-/m0/s1. The number of carboxylic acid groups (broad SMARTS) is 1. The molecule has 0 aliphatic rings. The quantitative estimate of drug-likeness (QED) is 0.667. The first-order chi connectivity index (χ1) is 7.34. The van der Waals surface area contributed by atoms with Gasteiger partial charge < -0.3 is 10.1 Å². The molecule has 1 atom stereocenters. The molecule has 0 aliphatic carbocycles. The Labute approximate surface area is 93.0 Å². The van der Waals surface area contributed by atoms with Gasteiger partial charge in [0.1, 0.15) is 6.04 Å². The highest BCUT2D eigenvalue weighted by atomic mass is 32.2. The van der Waals surface area contributed by atoms with Gasteiger partial charge in [0.2, 0.25) is 0 Å². The number of nitrogens with zero attached hydrogens (tertiary/aromatic N) is 1. The summed E-state index contributed by atoms with van der Waals surface area (Å²) in [6.07, 6.45) is 2.32. The molecule has 8 heteroatoms. The first kappa shape index (κ1) is 12.7. The fourth-order valence-electron chi connectivity index (χ4n) is 1.09. The van der Waals surface area contributed by atoms with Gasteiger partial charge in [-0.25, -0.2) is 13.4 Å². The monoisotopic (exact) mass is 247 g/mol. The molecule has 0 saturated carbocycles. The number of carbonyl (C=O) groups is 1. The first-order valence-corrected chi connectivity index (χ1v) is 6.06. The van der Waals surface area contributed by atoms with E-state index in [1.54, 1.807) is 13.8 Å². The summed E-state index contributed by atoms with van der Waals surface area (Å²) in [5.41, 5.74) is 0. The molecule has 0 unspecified atom stereocenters. The van der Waals surface area contributed by atoms with Crippen LogP contribution in [-0.2, 0) is 14.8 Å². The van der Waals surface area contributed by atoms with E-state index < -0.39 is 22.0 Å². The predicted molar refractivity (Wildman–Crippen MR) is 55.2 cm³/mol. The predicted octanol–water partition coefficient (Wildman–Crippen LogP) is -0.203. The third-order valence-corrected chi connectivity index (χ3v) is 3.34. The fraction of sp³-hybridized carbons (Fsp3) is 0.500. The second kappa shape index (κ2) is 4.62. The van der Waals surface area contributed by atoms with Crippen LogP contribution in [0.1, 0.15) is 13.8 Å². The molecule has 1 rings (SSSR count). The number of aromatic nitrogens is 2. The summed E-state index contributed by atoms with van der Waals surface area (Å²) < 4.78 is 25.4. The number of imidazole rings is 1. The van der Waals surface area contributed by atoms with Gasteiger partial charge in [-0.2, -0.15) is 4.72 Å². The number of sulfonamides is 1. The van der Waals surface area contributed by atoms with Crippen molar-refractivity contribution in [2.45, 2.75) is 24.9 Å². The number of hydrogen-bond acceptors (Lipinski definition) is 4. The summed E-state index contributed by atoms with van der Waals surface area (Å²) in [4.78, 5) is 16.8. The zero-order chi connectivity index (χ0) is 12.3. The van der Waals surface area contributed by atoms with Crippen LogP contribution in [0.3, 0.4) is 0 Å². The number of nitrogens with one attached hydrogen (secondary N) is 2. The Kier molecular flexibility index (Phi) is 3.66. The molecule has 0 radical (unpaired) electrons. The van der Waals surface area contributed by atoms with E-state index >= 15 is 0 Å². The molecule has 1 aromatic heterocycles. The Hall–Kier alpha value is -1.41. The van der Waals surface area contributed by atoms with Gasteiger partial charge in [-0.05, 0) is 5.92 Å². The Morgan fingerprint density at radius 1 is 1.56 bits per heavy atom. The van der Waals surface area contributed by atoms with Crippen LogP contribution in [0.5, 0.6) is 0 Å². The van der Waals surface area contributed by atoms with Gasteiger partial charge in [-0.1, -0.05) is 13.8 Å². The van der Waals surface area contributed by atoms with Crippen molar-refractivity contribution in [3.05, 3.63) is 12.5 Å². The van der Waals surface area contributed by atoms with Crippen LogP contribution < -0.4 is 4.72 Å². The lowest BCUT2D eigenvalue weighted by atomic mass is 10.1. The smallest absolute Gasteiger partial charge is 0.322 e. The van der Waals surface area contributed by atoms with E-state index in [4.69, 9.17) is 5.11 Å². The largest absolute Gasteiger partial charge is 0.480 e. The van der Waals surface area contributed by atoms with Crippen molar-refractivity contribution in [1.29, 1.82) is 0 Å². The van der Waals surface area contributed by atoms with Crippen LogP contribution in [0.2, 0.25) is 0 Å². The lowest BCUT2D eigenvalue weighted by Crippen LogP contribution is -2.44. The minimum Gasteiger partial charge on any atom is -0.480 e. The molecule has 0 saturated heterocycles. The molecule has 3 N–H and O–H groups in total. The molecule has 0 bridgehead atoms. The molecule has 90 valence electrons. The average Bonchev–Trinajstić information content (AvgIpc) is 2.66. The maximum absolute atomic E-state index is 11.7. The van der Waals surface area contributed by atoms with Crippen LogP contribution in [0.4, 0.5) is 0 Å². The number of hydrogen-bond donors (Lipinski definition) is 3. The Balaban J connectivity index is 2.92. The Morgan fingerprint density at radius 3 is 2.56 bits per heavy atom. The molecule has 7 nitrogen and oxygen atoms in total. The fourth-order valence-corrected chi connectivity index (χ4v) is 2.33. The van der Waals surface area contributed by atoms with Crippen LogP contribution in [0.25, 0.3) is 0 Å². The molecular formula is C8H13N3O4S. The zero-order valence-corrected chi connectivity index (χ0v) is 9.65. The lowest BCUT2D eigenvalue weighted by Gasteiger charge is -2.16. The van der Waals surface area contributed by atoms with Crippen molar-refractivity contribution in [2.75, 3.05) is 0 Å². The molecule has 1 heterocycles. The summed E-state index contributed by atoms with van der Waals surface area (Å²) in [6.45, 7) is 3.24. The number of aromatic amines is 1. The number of rotatable bonds is 5. The van der Waals surface area contributed by atoms with E-state index in [1.807, 2.05) is 0 Å². The third-order valence-electron chi connectivity index (χ3n) is 1.98. The van der Waals surface area contributed by atoms with Crippen molar-refractivity contribution in [1.82, 2.24) is 14.7 Å². The normalized spacial score (nSPS) is 13.9. The van der Waals surface area contributed by atoms with Gasteiger partial charge in [0.15, 0.2) is 5.03 Å². The topological polar surface area (TPSA) is 112 Å². The van der Waals surface area contributed by atoms with Crippen LogP contribution in [0, 0.1) is 5.92 Å². The second-order valence-electron chi connectivity index (χ2n) is 3.60. The summed E-state index contributed by atoms with van der Waals surface area (Å²) in [5, 5.41) is 8.70. The summed E-state index contributed by atoms with van der Waals surface area (Å²) in [6, 6.07) is -1.16. The highest BCUT2D eigenvalue weighted by Crippen LogP contribution is 2.08. The molecule has 0 amide bonds. The van der Waals surface area contributed by atoms with Gasteiger partial charge >= 0.3 is 5.97 Å². The van der Waals surface area contributed by atoms with Gasteiger partial charge in [0, 0.05) is 0 Å². The Morgan fingerprint density at radius 2 is 2.19 bits per heavy atom. The van der Waals surface area contributed by atoms with Gasteiger partial charge in [-0.15, -0.1) is 0 Å². The first-order valence-electron chi connectivity index (χ1n) is 4.58. The van der Waals surface area contributed by atoms with E-state index in [-0.39, 0.29) is 10.9 Å². The van der Waals surface area contributed by atoms with Gasteiger partial charge in [0.25, 0.3) is 10.0 Å². The van der Waals surface area contributed by atoms with Crippen LogP contribution in [0.15, 0.2) is 17.6 Å². The molecule has 16 heavy (non-hydrogen) atoms. The average molecular weight is 247 g/mol. The van der Waals surface area contributed by atoms with Gasteiger partial charge in [0.05, 0.1) is 12.5 Å². The van der Waals surface area contributed by atoms with Crippen molar-refractivity contribution in [2.24, 2.45) is 5.92 Å².